The number of esters is 1. The molecule has 0 saturated heterocycles. The molecule has 2 atom stereocenters. The normalized spacial score (nSPS) is 25.9. The summed E-state index contributed by atoms with van der Waals surface area (Å²) in [4.78, 5) is 11.8. The van der Waals surface area contributed by atoms with Gasteiger partial charge in [0.2, 0.25) is 0 Å². The fourth-order valence-electron chi connectivity index (χ4n) is 2.61. The minimum atomic E-state index is -0.934. The second-order valence-electron chi connectivity index (χ2n) is 5.16. The third-order valence-electron chi connectivity index (χ3n) is 3.68. The van der Waals surface area contributed by atoms with E-state index < -0.39 is 5.54 Å². The van der Waals surface area contributed by atoms with E-state index >= 15 is 0 Å². The van der Waals surface area contributed by atoms with Crippen molar-refractivity contribution in [2.45, 2.75) is 37.3 Å². The highest BCUT2D eigenvalue weighted by molar-refractivity contribution is 5.80. The van der Waals surface area contributed by atoms with Crippen molar-refractivity contribution in [1.82, 2.24) is 0 Å². The van der Waals surface area contributed by atoms with Crippen LogP contribution in [0.5, 0.6) is 11.5 Å². The molecule has 1 saturated carbocycles. The molecule has 20 heavy (non-hydrogen) atoms. The molecular formula is C15H21NO4. The summed E-state index contributed by atoms with van der Waals surface area (Å²) in [5.74, 6) is 1.10. The third kappa shape index (κ3) is 3.22. The maximum Gasteiger partial charge on any atom is 0.325 e. The quantitative estimate of drug-likeness (QED) is 0.852. The van der Waals surface area contributed by atoms with Crippen LogP contribution in [0.3, 0.4) is 0 Å². The van der Waals surface area contributed by atoms with Crippen LogP contribution in [0.15, 0.2) is 24.3 Å². The predicted octanol–water partition coefficient (Wildman–Crippen LogP) is 1.89. The van der Waals surface area contributed by atoms with Crippen molar-refractivity contribution in [1.29, 1.82) is 0 Å². The first kappa shape index (κ1) is 14.7. The first-order valence-corrected chi connectivity index (χ1v) is 6.75. The van der Waals surface area contributed by atoms with Crippen LogP contribution in [0.25, 0.3) is 0 Å². The average Bonchev–Trinajstić information content (AvgIpc) is 2.46. The number of benzene rings is 1. The molecule has 0 radical (unpaired) electrons. The zero-order valence-corrected chi connectivity index (χ0v) is 11.9. The van der Waals surface area contributed by atoms with E-state index in [2.05, 4.69) is 0 Å². The lowest BCUT2D eigenvalue weighted by atomic mass is 9.81. The summed E-state index contributed by atoms with van der Waals surface area (Å²) in [5.41, 5.74) is 5.20. The van der Waals surface area contributed by atoms with E-state index in [1.165, 1.54) is 7.11 Å². The van der Waals surface area contributed by atoms with E-state index in [1.54, 1.807) is 7.11 Å². The van der Waals surface area contributed by atoms with Crippen molar-refractivity contribution in [3.05, 3.63) is 24.3 Å². The number of hydrogen-bond donors (Lipinski definition) is 1. The first-order valence-electron chi connectivity index (χ1n) is 6.75. The summed E-state index contributed by atoms with van der Waals surface area (Å²) in [5, 5.41) is 0. The van der Waals surface area contributed by atoms with Crippen LogP contribution >= 0.6 is 0 Å². The summed E-state index contributed by atoms with van der Waals surface area (Å²) in [6.45, 7) is 0. The van der Waals surface area contributed by atoms with Gasteiger partial charge in [0.15, 0.2) is 0 Å². The monoisotopic (exact) mass is 279 g/mol. The fourth-order valence-corrected chi connectivity index (χ4v) is 2.61. The van der Waals surface area contributed by atoms with Crippen LogP contribution in [0.1, 0.15) is 25.7 Å². The number of methoxy groups -OCH3 is 2. The Labute approximate surface area is 119 Å². The summed E-state index contributed by atoms with van der Waals surface area (Å²) >= 11 is 0. The number of nitrogens with two attached hydrogens (primary N) is 1. The molecule has 0 heterocycles. The largest absolute Gasteiger partial charge is 0.497 e. The van der Waals surface area contributed by atoms with Gasteiger partial charge in [-0.05, 0) is 31.4 Å². The Bertz CT molecular complexity index is 477. The minimum absolute atomic E-state index is 0.0834. The highest BCUT2D eigenvalue weighted by atomic mass is 16.5. The summed E-state index contributed by atoms with van der Waals surface area (Å²) in [6.07, 6.45) is 2.75. The molecule has 2 N–H and O–H groups in total. The number of hydrogen-bond acceptors (Lipinski definition) is 5. The standard InChI is InChI=1S/C15H21NO4/c1-18-11-5-3-6-12(9-11)20-13-7-4-8-15(16,10-13)14(17)19-2/h3,5-6,9,13H,4,7-8,10,16H2,1-2H3. The smallest absolute Gasteiger partial charge is 0.325 e. The molecule has 110 valence electrons. The van der Waals surface area contributed by atoms with E-state index in [9.17, 15) is 4.79 Å². The van der Waals surface area contributed by atoms with Gasteiger partial charge in [-0.3, -0.25) is 4.79 Å². The van der Waals surface area contributed by atoms with Crippen molar-refractivity contribution in [3.63, 3.8) is 0 Å². The Hall–Kier alpha value is -1.75. The molecular weight excluding hydrogens is 258 g/mol. The SMILES string of the molecule is COC(=O)C1(N)CCCC(Oc2cccc(OC)c2)C1. The molecule has 0 aromatic heterocycles. The zero-order chi connectivity index (χ0) is 14.6. The lowest BCUT2D eigenvalue weighted by molar-refractivity contribution is -0.149. The highest BCUT2D eigenvalue weighted by Crippen LogP contribution is 2.31. The first-order chi connectivity index (χ1) is 9.57. The molecule has 2 unspecified atom stereocenters. The molecule has 1 aromatic carbocycles. The van der Waals surface area contributed by atoms with E-state index in [1.807, 2.05) is 24.3 Å². The van der Waals surface area contributed by atoms with E-state index in [0.717, 1.165) is 24.3 Å². The van der Waals surface area contributed by atoms with Gasteiger partial charge in [0, 0.05) is 12.5 Å². The highest BCUT2D eigenvalue weighted by Gasteiger charge is 2.41. The zero-order valence-electron chi connectivity index (χ0n) is 11.9. The van der Waals surface area contributed by atoms with Crippen molar-refractivity contribution < 1.29 is 19.0 Å². The van der Waals surface area contributed by atoms with Crippen molar-refractivity contribution in [2.24, 2.45) is 5.73 Å². The lowest BCUT2D eigenvalue weighted by Crippen LogP contribution is -2.53. The third-order valence-corrected chi connectivity index (χ3v) is 3.68. The van der Waals surface area contributed by atoms with Crippen LogP contribution in [0, 0.1) is 0 Å². The van der Waals surface area contributed by atoms with Gasteiger partial charge in [-0.1, -0.05) is 6.07 Å². The maximum absolute atomic E-state index is 11.8. The topological polar surface area (TPSA) is 70.8 Å². The molecule has 0 spiro atoms. The van der Waals surface area contributed by atoms with Gasteiger partial charge in [-0.15, -0.1) is 0 Å². The van der Waals surface area contributed by atoms with Gasteiger partial charge in [0.25, 0.3) is 0 Å². The van der Waals surface area contributed by atoms with E-state index in [-0.39, 0.29) is 12.1 Å². The van der Waals surface area contributed by atoms with Gasteiger partial charge < -0.3 is 19.9 Å². The van der Waals surface area contributed by atoms with E-state index in [4.69, 9.17) is 19.9 Å². The predicted molar refractivity (Wildman–Crippen MR) is 74.8 cm³/mol. The Morgan fingerprint density at radius 3 is 2.80 bits per heavy atom. The number of carbonyl (C=O) groups excluding carboxylic acids is 1. The van der Waals surface area contributed by atoms with Crippen LogP contribution in [0.4, 0.5) is 0 Å². The summed E-state index contributed by atoms with van der Waals surface area (Å²) in [6, 6.07) is 7.42. The van der Waals surface area contributed by atoms with Crippen LogP contribution in [-0.4, -0.2) is 31.8 Å². The molecule has 0 bridgehead atoms. The molecule has 1 aromatic rings. The van der Waals surface area contributed by atoms with Gasteiger partial charge in [-0.2, -0.15) is 0 Å². The Kier molecular flexibility index (Phi) is 4.49. The summed E-state index contributed by atoms with van der Waals surface area (Å²) in [7, 11) is 2.98. The molecule has 1 aliphatic carbocycles. The van der Waals surface area contributed by atoms with Crippen LogP contribution < -0.4 is 15.2 Å². The van der Waals surface area contributed by atoms with Gasteiger partial charge in [-0.25, -0.2) is 0 Å². The van der Waals surface area contributed by atoms with Crippen molar-refractivity contribution in [2.75, 3.05) is 14.2 Å². The van der Waals surface area contributed by atoms with Gasteiger partial charge >= 0.3 is 5.97 Å². The second kappa shape index (κ2) is 6.13. The molecule has 5 heteroatoms. The fraction of sp³-hybridized carbons (Fsp3) is 0.533. The maximum atomic E-state index is 11.8. The average molecular weight is 279 g/mol. The molecule has 5 nitrogen and oxygen atoms in total. The molecule has 1 fully saturated rings. The molecule has 0 aliphatic heterocycles. The minimum Gasteiger partial charge on any atom is -0.497 e. The lowest BCUT2D eigenvalue weighted by Gasteiger charge is -2.35. The Morgan fingerprint density at radius 2 is 2.10 bits per heavy atom. The Morgan fingerprint density at radius 1 is 1.35 bits per heavy atom. The molecule has 0 amide bonds. The molecule has 1 aliphatic rings. The van der Waals surface area contributed by atoms with Crippen LogP contribution in [-0.2, 0) is 9.53 Å². The summed E-state index contributed by atoms with van der Waals surface area (Å²) < 4.78 is 15.9. The van der Waals surface area contributed by atoms with Crippen molar-refractivity contribution in [3.8, 4) is 11.5 Å². The molecule has 2 rings (SSSR count). The number of carbonyl (C=O) groups is 1. The van der Waals surface area contributed by atoms with Gasteiger partial charge in [0.05, 0.1) is 14.2 Å². The van der Waals surface area contributed by atoms with Crippen LogP contribution in [0.2, 0.25) is 0 Å². The van der Waals surface area contributed by atoms with E-state index in [0.29, 0.717) is 12.8 Å². The van der Waals surface area contributed by atoms with Gasteiger partial charge in [0.1, 0.15) is 23.1 Å². The second-order valence-corrected chi connectivity index (χ2v) is 5.16. The number of rotatable bonds is 4. The Balaban J connectivity index is 2.04. The number of ether oxygens (including phenoxy) is 3. The van der Waals surface area contributed by atoms with Crippen molar-refractivity contribution >= 4 is 5.97 Å².